The Kier molecular flexibility index (Phi) is 2.83. The standard InChI is InChI=1S/C10H16N2S/c1-2-11-10-12-9(7-13-10)8-5-3-4-6-8/h7-8H,2-6H2,1H3,(H,11,12). The van der Waals surface area contributed by atoms with Gasteiger partial charge in [0, 0.05) is 17.8 Å². The average Bonchev–Trinajstić information content (AvgIpc) is 2.70. The van der Waals surface area contributed by atoms with E-state index in [0.29, 0.717) is 0 Å². The molecule has 13 heavy (non-hydrogen) atoms. The zero-order valence-electron chi connectivity index (χ0n) is 8.05. The van der Waals surface area contributed by atoms with Crippen molar-refractivity contribution in [1.29, 1.82) is 0 Å². The SMILES string of the molecule is CCNc1nc(C2CCCC2)cs1. The molecule has 0 aromatic carbocycles. The van der Waals surface area contributed by atoms with Gasteiger partial charge in [0.15, 0.2) is 5.13 Å². The Labute approximate surface area is 83.4 Å². The molecule has 1 heterocycles. The molecule has 0 saturated heterocycles. The van der Waals surface area contributed by atoms with E-state index in [-0.39, 0.29) is 0 Å². The van der Waals surface area contributed by atoms with Crippen molar-refractivity contribution in [3.05, 3.63) is 11.1 Å². The van der Waals surface area contributed by atoms with Gasteiger partial charge in [-0.25, -0.2) is 4.98 Å². The quantitative estimate of drug-likeness (QED) is 0.802. The molecule has 0 aliphatic heterocycles. The van der Waals surface area contributed by atoms with Gasteiger partial charge in [-0.2, -0.15) is 0 Å². The fourth-order valence-corrected chi connectivity index (χ4v) is 2.79. The highest BCUT2D eigenvalue weighted by Gasteiger charge is 2.19. The van der Waals surface area contributed by atoms with Crippen LogP contribution in [0.15, 0.2) is 5.38 Å². The van der Waals surface area contributed by atoms with Crippen molar-refractivity contribution >= 4 is 16.5 Å². The second-order valence-electron chi connectivity index (χ2n) is 3.59. The predicted molar refractivity (Wildman–Crippen MR) is 57.5 cm³/mol. The fraction of sp³-hybridized carbons (Fsp3) is 0.700. The number of nitrogens with one attached hydrogen (secondary N) is 1. The van der Waals surface area contributed by atoms with E-state index >= 15 is 0 Å². The van der Waals surface area contributed by atoms with Gasteiger partial charge in [0.25, 0.3) is 0 Å². The molecule has 1 N–H and O–H groups in total. The van der Waals surface area contributed by atoms with Crippen molar-refractivity contribution < 1.29 is 0 Å². The third-order valence-electron chi connectivity index (χ3n) is 2.62. The smallest absolute Gasteiger partial charge is 0.182 e. The van der Waals surface area contributed by atoms with Crippen molar-refractivity contribution in [1.82, 2.24) is 4.98 Å². The van der Waals surface area contributed by atoms with Crippen LogP contribution < -0.4 is 5.32 Å². The molecular formula is C10H16N2S. The van der Waals surface area contributed by atoms with Crippen LogP contribution in [0.1, 0.15) is 44.2 Å². The normalized spacial score (nSPS) is 17.9. The van der Waals surface area contributed by atoms with Gasteiger partial charge in [0.05, 0.1) is 5.69 Å². The van der Waals surface area contributed by atoms with E-state index in [1.165, 1.54) is 31.4 Å². The molecule has 0 bridgehead atoms. The first-order chi connectivity index (χ1) is 6.40. The van der Waals surface area contributed by atoms with E-state index in [4.69, 9.17) is 0 Å². The summed E-state index contributed by atoms with van der Waals surface area (Å²) in [6.45, 7) is 3.08. The third kappa shape index (κ3) is 2.02. The lowest BCUT2D eigenvalue weighted by molar-refractivity contribution is 0.703. The number of thiazole rings is 1. The molecule has 1 aliphatic carbocycles. The van der Waals surface area contributed by atoms with Gasteiger partial charge in [0.2, 0.25) is 0 Å². The van der Waals surface area contributed by atoms with Crippen molar-refractivity contribution in [2.75, 3.05) is 11.9 Å². The number of hydrogen-bond donors (Lipinski definition) is 1. The maximum Gasteiger partial charge on any atom is 0.182 e. The predicted octanol–water partition coefficient (Wildman–Crippen LogP) is 3.23. The van der Waals surface area contributed by atoms with Gasteiger partial charge in [-0.1, -0.05) is 12.8 Å². The minimum atomic E-state index is 0.753. The first-order valence-corrected chi connectivity index (χ1v) is 5.97. The summed E-state index contributed by atoms with van der Waals surface area (Å²) in [5.74, 6) is 0.753. The maximum absolute atomic E-state index is 4.59. The molecule has 0 amide bonds. The lowest BCUT2D eigenvalue weighted by Crippen LogP contribution is -1.97. The molecule has 2 rings (SSSR count). The summed E-state index contributed by atoms with van der Waals surface area (Å²) in [5, 5.41) is 6.56. The summed E-state index contributed by atoms with van der Waals surface area (Å²) in [6.07, 6.45) is 5.46. The van der Waals surface area contributed by atoms with Crippen molar-refractivity contribution in [3.63, 3.8) is 0 Å². The van der Waals surface area contributed by atoms with Crippen LogP contribution in [-0.2, 0) is 0 Å². The van der Waals surface area contributed by atoms with Gasteiger partial charge >= 0.3 is 0 Å². The van der Waals surface area contributed by atoms with Crippen LogP contribution in [0.4, 0.5) is 5.13 Å². The minimum absolute atomic E-state index is 0.753. The van der Waals surface area contributed by atoms with E-state index in [1.807, 2.05) is 0 Å². The van der Waals surface area contributed by atoms with Crippen LogP contribution in [0, 0.1) is 0 Å². The lowest BCUT2D eigenvalue weighted by atomic mass is 10.1. The molecule has 0 spiro atoms. The number of rotatable bonds is 3. The molecule has 3 heteroatoms. The van der Waals surface area contributed by atoms with Gasteiger partial charge in [0.1, 0.15) is 0 Å². The molecule has 0 unspecified atom stereocenters. The Bertz CT molecular complexity index is 264. The monoisotopic (exact) mass is 196 g/mol. The third-order valence-corrected chi connectivity index (χ3v) is 3.44. The second-order valence-corrected chi connectivity index (χ2v) is 4.45. The molecular weight excluding hydrogens is 180 g/mol. The van der Waals surface area contributed by atoms with Crippen molar-refractivity contribution in [2.45, 2.75) is 38.5 Å². The zero-order chi connectivity index (χ0) is 9.10. The van der Waals surface area contributed by atoms with Crippen LogP contribution in [0.3, 0.4) is 0 Å². The first kappa shape index (κ1) is 9.00. The molecule has 1 fully saturated rings. The van der Waals surface area contributed by atoms with E-state index in [1.54, 1.807) is 11.3 Å². The Morgan fingerprint density at radius 3 is 3.00 bits per heavy atom. The summed E-state index contributed by atoms with van der Waals surface area (Å²) in [6, 6.07) is 0. The Hall–Kier alpha value is -0.570. The van der Waals surface area contributed by atoms with Crippen LogP contribution in [0.25, 0.3) is 0 Å². The average molecular weight is 196 g/mol. The highest BCUT2D eigenvalue weighted by atomic mass is 32.1. The molecule has 0 radical (unpaired) electrons. The molecule has 1 aromatic heterocycles. The van der Waals surface area contributed by atoms with Crippen LogP contribution >= 0.6 is 11.3 Å². The molecule has 72 valence electrons. The van der Waals surface area contributed by atoms with Crippen LogP contribution in [-0.4, -0.2) is 11.5 Å². The maximum atomic E-state index is 4.59. The number of hydrogen-bond acceptors (Lipinski definition) is 3. The molecule has 1 saturated carbocycles. The topological polar surface area (TPSA) is 24.9 Å². The summed E-state index contributed by atoms with van der Waals surface area (Å²) in [4.78, 5) is 4.59. The van der Waals surface area contributed by atoms with Gasteiger partial charge < -0.3 is 5.32 Å². The molecule has 1 aromatic rings. The fourth-order valence-electron chi connectivity index (χ4n) is 1.93. The second kappa shape index (κ2) is 4.09. The van der Waals surface area contributed by atoms with Gasteiger partial charge in [-0.3, -0.25) is 0 Å². The number of anilines is 1. The Morgan fingerprint density at radius 1 is 1.54 bits per heavy atom. The summed E-state index contributed by atoms with van der Waals surface area (Å²) in [7, 11) is 0. The van der Waals surface area contributed by atoms with Crippen molar-refractivity contribution in [3.8, 4) is 0 Å². The minimum Gasteiger partial charge on any atom is -0.362 e. The van der Waals surface area contributed by atoms with Crippen LogP contribution in [0.5, 0.6) is 0 Å². The van der Waals surface area contributed by atoms with E-state index < -0.39 is 0 Å². The summed E-state index contributed by atoms with van der Waals surface area (Å²) in [5.41, 5.74) is 1.32. The van der Waals surface area contributed by atoms with Crippen molar-refractivity contribution in [2.24, 2.45) is 0 Å². The van der Waals surface area contributed by atoms with E-state index in [2.05, 4.69) is 22.6 Å². The van der Waals surface area contributed by atoms with Crippen LogP contribution in [0.2, 0.25) is 0 Å². The number of aromatic nitrogens is 1. The largest absolute Gasteiger partial charge is 0.362 e. The summed E-state index contributed by atoms with van der Waals surface area (Å²) < 4.78 is 0. The summed E-state index contributed by atoms with van der Waals surface area (Å²) >= 11 is 1.74. The highest BCUT2D eigenvalue weighted by molar-refractivity contribution is 7.13. The van der Waals surface area contributed by atoms with Gasteiger partial charge in [-0.15, -0.1) is 11.3 Å². The highest BCUT2D eigenvalue weighted by Crippen LogP contribution is 2.35. The lowest BCUT2D eigenvalue weighted by Gasteiger charge is -2.03. The Balaban J connectivity index is 2.03. The molecule has 1 aliphatic rings. The van der Waals surface area contributed by atoms with Gasteiger partial charge in [-0.05, 0) is 19.8 Å². The molecule has 0 atom stereocenters. The first-order valence-electron chi connectivity index (χ1n) is 5.09. The van der Waals surface area contributed by atoms with E-state index in [0.717, 1.165) is 17.6 Å². The Morgan fingerprint density at radius 2 is 2.31 bits per heavy atom. The van der Waals surface area contributed by atoms with E-state index in [9.17, 15) is 0 Å². The zero-order valence-corrected chi connectivity index (χ0v) is 8.86. The number of nitrogens with zero attached hydrogens (tertiary/aromatic N) is 1. The molecule has 2 nitrogen and oxygen atoms in total.